The van der Waals surface area contributed by atoms with E-state index in [1.807, 2.05) is 7.05 Å². The molecule has 0 saturated carbocycles. The number of carboxylic acid groups (broad SMARTS) is 1. The fourth-order valence-corrected chi connectivity index (χ4v) is 1.97. The second-order valence-electron chi connectivity index (χ2n) is 4.89. The minimum Gasteiger partial charge on any atom is -0.478 e. The summed E-state index contributed by atoms with van der Waals surface area (Å²) in [6.07, 6.45) is 1.63. The number of hydrogen-bond donors (Lipinski definition) is 3. The van der Waals surface area contributed by atoms with Crippen molar-refractivity contribution < 1.29 is 9.90 Å². The minimum atomic E-state index is -0.965. The Morgan fingerprint density at radius 1 is 1.42 bits per heavy atom. The molecule has 0 aliphatic heterocycles. The first-order chi connectivity index (χ1) is 8.88. The average Bonchev–Trinajstić information content (AvgIpc) is 2.38. The highest BCUT2D eigenvalue weighted by Gasteiger charge is 2.16. The van der Waals surface area contributed by atoms with Gasteiger partial charge in [0.2, 0.25) is 0 Å². The summed E-state index contributed by atoms with van der Waals surface area (Å²) in [4.78, 5) is 13.4. The van der Waals surface area contributed by atoms with Crippen LogP contribution in [-0.4, -0.2) is 35.6 Å². The molecule has 5 nitrogen and oxygen atoms in total. The Labute approximate surface area is 114 Å². The molecule has 5 N–H and O–H groups in total. The third-order valence-electron chi connectivity index (χ3n) is 3.68. The molecule has 1 aromatic carbocycles. The number of aromatic carboxylic acids is 1. The van der Waals surface area contributed by atoms with Crippen molar-refractivity contribution in [1.82, 2.24) is 4.90 Å². The van der Waals surface area contributed by atoms with Gasteiger partial charge in [-0.15, -0.1) is 0 Å². The van der Waals surface area contributed by atoms with Crippen molar-refractivity contribution in [3.05, 3.63) is 23.3 Å². The van der Waals surface area contributed by atoms with E-state index in [1.54, 1.807) is 6.07 Å². The number of nitrogens with zero attached hydrogens (tertiary/aromatic N) is 1. The largest absolute Gasteiger partial charge is 0.478 e. The molecule has 0 heterocycles. The molecule has 0 bridgehead atoms. The third-order valence-corrected chi connectivity index (χ3v) is 3.68. The van der Waals surface area contributed by atoms with Crippen LogP contribution in [0.2, 0.25) is 0 Å². The van der Waals surface area contributed by atoms with Gasteiger partial charge in [0.15, 0.2) is 0 Å². The number of nitrogens with two attached hydrogens (primary N) is 2. The molecule has 0 fully saturated rings. The zero-order valence-electron chi connectivity index (χ0n) is 11.8. The van der Waals surface area contributed by atoms with E-state index in [1.165, 1.54) is 6.07 Å². The highest BCUT2D eigenvalue weighted by atomic mass is 16.4. The quantitative estimate of drug-likeness (QED) is 0.682. The van der Waals surface area contributed by atoms with Crippen molar-refractivity contribution in [2.45, 2.75) is 32.7 Å². The standard InChI is InChI=1S/C14H23N3O2/c1-4-9(2)17(3)8-7-10-11(14(18)19)5-6-12(15)13(10)16/h5-6,9H,4,7-8,15-16H2,1-3H3,(H,18,19). The lowest BCUT2D eigenvalue weighted by Crippen LogP contribution is -2.30. The van der Waals surface area contributed by atoms with E-state index in [9.17, 15) is 9.90 Å². The molecular formula is C14H23N3O2. The summed E-state index contributed by atoms with van der Waals surface area (Å²) >= 11 is 0. The topological polar surface area (TPSA) is 92.6 Å². The van der Waals surface area contributed by atoms with E-state index in [-0.39, 0.29) is 5.56 Å². The molecule has 0 aliphatic rings. The third kappa shape index (κ3) is 3.61. The molecule has 0 radical (unpaired) electrons. The van der Waals surface area contributed by atoms with Gasteiger partial charge >= 0.3 is 5.97 Å². The van der Waals surface area contributed by atoms with Crippen LogP contribution in [0.3, 0.4) is 0 Å². The minimum absolute atomic E-state index is 0.240. The summed E-state index contributed by atoms with van der Waals surface area (Å²) in [6, 6.07) is 3.52. The second-order valence-corrected chi connectivity index (χ2v) is 4.89. The van der Waals surface area contributed by atoms with E-state index in [0.717, 1.165) is 13.0 Å². The Morgan fingerprint density at radius 3 is 2.58 bits per heavy atom. The lowest BCUT2D eigenvalue weighted by atomic mass is 10.0. The number of likely N-dealkylation sites (N-methyl/N-ethyl adjacent to an activating group) is 1. The van der Waals surface area contributed by atoms with Crippen LogP contribution in [0.4, 0.5) is 11.4 Å². The van der Waals surface area contributed by atoms with Gasteiger partial charge in [-0.25, -0.2) is 4.79 Å². The molecule has 19 heavy (non-hydrogen) atoms. The maximum Gasteiger partial charge on any atom is 0.336 e. The predicted octanol–water partition coefficient (Wildman–Crippen LogP) is 1.82. The van der Waals surface area contributed by atoms with Crippen LogP contribution in [0.15, 0.2) is 12.1 Å². The summed E-state index contributed by atoms with van der Waals surface area (Å²) in [5.41, 5.74) is 13.3. The first-order valence-electron chi connectivity index (χ1n) is 6.48. The molecule has 1 aromatic rings. The van der Waals surface area contributed by atoms with Gasteiger partial charge in [-0.3, -0.25) is 0 Å². The monoisotopic (exact) mass is 265 g/mol. The Kier molecular flexibility index (Phi) is 5.18. The molecule has 0 spiro atoms. The van der Waals surface area contributed by atoms with Crippen LogP contribution < -0.4 is 11.5 Å². The van der Waals surface area contributed by atoms with Gasteiger partial charge in [0.25, 0.3) is 0 Å². The number of anilines is 2. The van der Waals surface area contributed by atoms with Crippen molar-refractivity contribution in [1.29, 1.82) is 0 Å². The molecule has 1 atom stereocenters. The average molecular weight is 265 g/mol. The summed E-state index contributed by atoms with van der Waals surface area (Å²) in [7, 11) is 2.02. The maximum absolute atomic E-state index is 11.2. The normalized spacial score (nSPS) is 12.6. The summed E-state index contributed by atoms with van der Waals surface area (Å²) < 4.78 is 0. The van der Waals surface area contributed by atoms with Gasteiger partial charge in [0.1, 0.15) is 0 Å². The zero-order chi connectivity index (χ0) is 14.6. The number of hydrogen-bond acceptors (Lipinski definition) is 4. The lowest BCUT2D eigenvalue weighted by Gasteiger charge is -2.24. The highest BCUT2D eigenvalue weighted by molar-refractivity contribution is 5.93. The van der Waals surface area contributed by atoms with Crippen LogP contribution >= 0.6 is 0 Å². The Balaban J connectivity index is 2.93. The van der Waals surface area contributed by atoms with Crippen molar-refractivity contribution in [3.63, 3.8) is 0 Å². The van der Waals surface area contributed by atoms with Crippen molar-refractivity contribution in [3.8, 4) is 0 Å². The summed E-state index contributed by atoms with van der Waals surface area (Å²) in [5, 5.41) is 9.19. The molecule has 106 valence electrons. The molecule has 0 saturated heterocycles. The molecule has 1 rings (SSSR count). The SMILES string of the molecule is CCC(C)N(C)CCc1c(C(=O)O)ccc(N)c1N. The van der Waals surface area contributed by atoms with Crippen LogP contribution in [0.5, 0.6) is 0 Å². The lowest BCUT2D eigenvalue weighted by molar-refractivity contribution is 0.0695. The van der Waals surface area contributed by atoms with Crippen LogP contribution in [-0.2, 0) is 6.42 Å². The van der Waals surface area contributed by atoms with Gasteiger partial charge < -0.3 is 21.5 Å². The Morgan fingerprint density at radius 2 is 2.05 bits per heavy atom. The fourth-order valence-electron chi connectivity index (χ4n) is 1.97. The van der Waals surface area contributed by atoms with Crippen LogP contribution in [0.1, 0.15) is 36.2 Å². The van der Waals surface area contributed by atoms with E-state index < -0.39 is 5.97 Å². The van der Waals surface area contributed by atoms with Gasteiger partial charge in [-0.1, -0.05) is 6.92 Å². The van der Waals surface area contributed by atoms with E-state index in [4.69, 9.17) is 11.5 Å². The smallest absolute Gasteiger partial charge is 0.336 e. The van der Waals surface area contributed by atoms with Gasteiger partial charge in [0.05, 0.1) is 16.9 Å². The van der Waals surface area contributed by atoms with Gasteiger partial charge in [0, 0.05) is 12.6 Å². The Bertz CT molecular complexity index is 460. The van der Waals surface area contributed by atoms with E-state index in [0.29, 0.717) is 29.4 Å². The number of carboxylic acids is 1. The number of nitrogen functional groups attached to an aromatic ring is 2. The first-order valence-corrected chi connectivity index (χ1v) is 6.48. The predicted molar refractivity (Wildman–Crippen MR) is 78.3 cm³/mol. The summed E-state index contributed by atoms with van der Waals surface area (Å²) in [5.74, 6) is -0.965. The van der Waals surface area contributed by atoms with Crippen molar-refractivity contribution in [2.75, 3.05) is 25.1 Å². The van der Waals surface area contributed by atoms with Crippen molar-refractivity contribution in [2.24, 2.45) is 0 Å². The maximum atomic E-state index is 11.2. The van der Waals surface area contributed by atoms with Crippen LogP contribution in [0.25, 0.3) is 0 Å². The first kappa shape index (κ1) is 15.3. The van der Waals surface area contributed by atoms with Crippen LogP contribution in [0, 0.1) is 0 Å². The molecule has 0 aromatic heterocycles. The number of carbonyl (C=O) groups is 1. The number of rotatable bonds is 6. The Hall–Kier alpha value is -1.75. The highest BCUT2D eigenvalue weighted by Crippen LogP contribution is 2.25. The molecular weight excluding hydrogens is 242 g/mol. The molecule has 5 heteroatoms. The van der Waals surface area contributed by atoms with Crippen molar-refractivity contribution >= 4 is 17.3 Å². The molecule has 1 unspecified atom stereocenters. The summed E-state index contributed by atoms with van der Waals surface area (Å²) in [6.45, 7) is 5.02. The zero-order valence-corrected chi connectivity index (χ0v) is 11.8. The molecule has 0 amide bonds. The van der Waals surface area contributed by atoms with Gasteiger partial charge in [-0.2, -0.15) is 0 Å². The fraction of sp³-hybridized carbons (Fsp3) is 0.500. The van der Waals surface area contributed by atoms with Gasteiger partial charge in [-0.05, 0) is 44.5 Å². The number of benzene rings is 1. The molecule has 0 aliphatic carbocycles. The van der Waals surface area contributed by atoms with E-state index >= 15 is 0 Å². The second kappa shape index (κ2) is 6.43. The van der Waals surface area contributed by atoms with E-state index in [2.05, 4.69) is 18.7 Å².